The maximum Gasteiger partial charge on any atom is 0.214 e. The molecule has 2 heterocycles. The van der Waals surface area contributed by atoms with Crippen molar-refractivity contribution in [2.24, 2.45) is 5.92 Å². The molecule has 138 valence electrons. The minimum absolute atomic E-state index is 0.0130. The van der Waals surface area contributed by atoms with Gasteiger partial charge in [-0.15, -0.1) is 0 Å². The van der Waals surface area contributed by atoms with Gasteiger partial charge in [-0.05, 0) is 27.7 Å². The van der Waals surface area contributed by atoms with Crippen molar-refractivity contribution in [1.29, 1.82) is 0 Å². The van der Waals surface area contributed by atoms with Crippen LogP contribution in [0.2, 0.25) is 0 Å². The second kappa shape index (κ2) is 7.11. The van der Waals surface area contributed by atoms with Gasteiger partial charge in [-0.3, -0.25) is 9.58 Å². The molecule has 0 amide bonds. The Kier molecular flexibility index (Phi) is 5.74. The van der Waals surface area contributed by atoms with E-state index in [0.717, 1.165) is 11.4 Å². The zero-order valence-electron chi connectivity index (χ0n) is 15.5. The number of aliphatic hydroxyl groups excluding tert-OH is 1. The van der Waals surface area contributed by atoms with Crippen LogP contribution >= 0.6 is 0 Å². The molecule has 2 atom stereocenters. The summed E-state index contributed by atoms with van der Waals surface area (Å²) >= 11 is 0. The van der Waals surface area contributed by atoms with Crippen LogP contribution in [0.15, 0.2) is 0 Å². The molecule has 1 N–H and O–H groups in total. The first-order valence-electron chi connectivity index (χ1n) is 8.38. The lowest BCUT2D eigenvalue weighted by molar-refractivity contribution is 0.148. The smallest absolute Gasteiger partial charge is 0.214 e. The van der Waals surface area contributed by atoms with Gasteiger partial charge in [-0.1, -0.05) is 0 Å². The van der Waals surface area contributed by atoms with E-state index in [9.17, 15) is 13.5 Å². The molecule has 0 bridgehead atoms. The highest BCUT2D eigenvalue weighted by Crippen LogP contribution is 2.25. The van der Waals surface area contributed by atoms with Crippen molar-refractivity contribution in [2.45, 2.75) is 46.4 Å². The SMILES string of the molecule is Cc1nn(C(C)C)c(C)c1CN1C[C@@H](CS(=O)(=O)N(C)C)[C@H](O)C1. The molecule has 0 spiro atoms. The molecule has 1 aromatic heterocycles. The van der Waals surface area contributed by atoms with Gasteiger partial charge in [0.15, 0.2) is 0 Å². The monoisotopic (exact) mass is 358 g/mol. The first-order chi connectivity index (χ1) is 11.0. The number of β-amino-alcohol motifs (C(OH)–C–C–N with tert-alkyl or cyclic N) is 1. The highest BCUT2D eigenvalue weighted by Gasteiger charge is 2.35. The normalized spacial score (nSPS) is 22.9. The van der Waals surface area contributed by atoms with Gasteiger partial charge in [-0.25, -0.2) is 12.7 Å². The summed E-state index contributed by atoms with van der Waals surface area (Å²) in [4.78, 5) is 2.13. The zero-order chi connectivity index (χ0) is 18.2. The van der Waals surface area contributed by atoms with Crippen LogP contribution in [0.25, 0.3) is 0 Å². The summed E-state index contributed by atoms with van der Waals surface area (Å²) < 4.78 is 27.4. The van der Waals surface area contributed by atoms with Crippen molar-refractivity contribution in [2.75, 3.05) is 32.9 Å². The number of hydrogen-bond donors (Lipinski definition) is 1. The zero-order valence-corrected chi connectivity index (χ0v) is 16.3. The average molecular weight is 359 g/mol. The Morgan fingerprint density at radius 1 is 1.29 bits per heavy atom. The number of rotatable bonds is 6. The maximum atomic E-state index is 12.1. The average Bonchev–Trinajstić information content (AvgIpc) is 2.93. The van der Waals surface area contributed by atoms with Crippen LogP contribution in [0.5, 0.6) is 0 Å². The predicted molar refractivity (Wildman–Crippen MR) is 94.3 cm³/mol. The first-order valence-corrected chi connectivity index (χ1v) is 9.99. The Balaban J connectivity index is 2.09. The molecule has 0 aliphatic carbocycles. The summed E-state index contributed by atoms with van der Waals surface area (Å²) in [5.41, 5.74) is 3.31. The lowest BCUT2D eigenvalue weighted by Gasteiger charge is -2.18. The largest absolute Gasteiger partial charge is 0.391 e. The molecule has 8 heteroatoms. The number of aromatic nitrogens is 2. The van der Waals surface area contributed by atoms with Crippen LogP contribution in [0, 0.1) is 19.8 Å². The van der Waals surface area contributed by atoms with Crippen molar-refractivity contribution in [3.05, 3.63) is 17.0 Å². The number of sulfonamides is 1. The van der Waals surface area contributed by atoms with Crippen molar-refractivity contribution >= 4 is 10.0 Å². The highest BCUT2D eigenvalue weighted by atomic mass is 32.2. The van der Waals surface area contributed by atoms with E-state index in [1.165, 1.54) is 24.0 Å². The van der Waals surface area contributed by atoms with Gasteiger partial charge in [0.05, 0.1) is 17.6 Å². The molecule has 1 aliphatic rings. The van der Waals surface area contributed by atoms with Crippen LogP contribution in [0.1, 0.15) is 36.8 Å². The van der Waals surface area contributed by atoms with E-state index in [1.54, 1.807) is 0 Å². The lowest BCUT2D eigenvalue weighted by Crippen LogP contribution is -2.33. The fourth-order valence-corrected chi connectivity index (χ4v) is 4.47. The van der Waals surface area contributed by atoms with E-state index in [4.69, 9.17) is 0 Å². The third kappa shape index (κ3) is 3.99. The van der Waals surface area contributed by atoms with Crippen molar-refractivity contribution in [1.82, 2.24) is 19.0 Å². The van der Waals surface area contributed by atoms with Crippen LogP contribution < -0.4 is 0 Å². The molecule has 1 saturated heterocycles. The molecule has 0 unspecified atom stereocenters. The van der Waals surface area contributed by atoms with Gasteiger partial charge in [-0.2, -0.15) is 5.10 Å². The van der Waals surface area contributed by atoms with Crippen molar-refractivity contribution in [3.63, 3.8) is 0 Å². The van der Waals surface area contributed by atoms with Gasteiger partial charge < -0.3 is 5.11 Å². The van der Waals surface area contributed by atoms with E-state index in [-0.39, 0.29) is 11.7 Å². The number of nitrogens with zero attached hydrogens (tertiary/aromatic N) is 4. The Morgan fingerprint density at radius 2 is 1.92 bits per heavy atom. The molecule has 1 fully saturated rings. The topological polar surface area (TPSA) is 78.7 Å². The molecule has 0 radical (unpaired) electrons. The minimum atomic E-state index is -3.30. The molecule has 2 rings (SSSR count). The second-order valence-corrected chi connectivity index (χ2v) is 9.50. The van der Waals surface area contributed by atoms with E-state index < -0.39 is 16.1 Å². The van der Waals surface area contributed by atoms with Gasteiger partial charge in [0, 0.05) is 56.9 Å². The second-order valence-electron chi connectivity index (χ2n) is 7.27. The van der Waals surface area contributed by atoms with Crippen molar-refractivity contribution in [3.8, 4) is 0 Å². The number of aryl methyl sites for hydroxylation is 1. The van der Waals surface area contributed by atoms with Crippen LogP contribution in [0.4, 0.5) is 0 Å². The van der Waals surface area contributed by atoms with Gasteiger partial charge in [0.25, 0.3) is 0 Å². The summed E-state index contributed by atoms with van der Waals surface area (Å²) in [7, 11) is -0.246. The van der Waals surface area contributed by atoms with Crippen LogP contribution in [-0.4, -0.2) is 71.6 Å². The fraction of sp³-hybridized carbons (Fsp3) is 0.812. The first kappa shape index (κ1) is 19.4. The molecule has 7 nitrogen and oxygen atoms in total. The summed E-state index contributed by atoms with van der Waals surface area (Å²) in [6.45, 7) is 10.0. The van der Waals surface area contributed by atoms with E-state index in [1.807, 2.05) is 11.6 Å². The molecule has 1 aliphatic heterocycles. The molecule has 0 saturated carbocycles. The summed E-state index contributed by atoms with van der Waals surface area (Å²) in [5.74, 6) is -0.265. The number of aliphatic hydroxyl groups is 1. The maximum absolute atomic E-state index is 12.1. The predicted octanol–water partition coefficient (Wildman–Crippen LogP) is 0.765. The molecule has 0 aromatic carbocycles. The van der Waals surface area contributed by atoms with Gasteiger partial charge in [0.2, 0.25) is 10.0 Å². The van der Waals surface area contributed by atoms with Crippen LogP contribution in [0.3, 0.4) is 0 Å². The Bertz CT molecular complexity index is 682. The lowest BCUT2D eigenvalue weighted by atomic mass is 10.1. The summed E-state index contributed by atoms with van der Waals surface area (Å²) in [5, 5.41) is 14.9. The Hall–Kier alpha value is -0.960. The quantitative estimate of drug-likeness (QED) is 0.812. The fourth-order valence-electron chi connectivity index (χ4n) is 3.31. The third-order valence-electron chi connectivity index (χ3n) is 4.81. The van der Waals surface area contributed by atoms with Gasteiger partial charge >= 0.3 is 0 Å². The van der Waals surface area contributed by atoms with E-state index >= 15 is 0 Å². The third-order valence-corrected chi connectivity index (χ3v) is 6.77. The highest BCUT2D eigenvalue weighted by molar-refractivity contribution is 7.89. The van der Waals surface area contributed by atoms with Crippen molar-refractivity contribution < 1.29 is 13.5 Å². The van der Waals surface area contributed by atoms with E-state index in [2.05, 4.69) is 30.8 Å². The minimum Gasteiger partial charge on any atom is -0.391 e. The molecular formula is C16H30N4O3S. The van der Waals surface area contributed by atoms with Crippen LogP contribution in [-0.2, 0) is 16.6 Å². The molecular weight excluding hydrogens is 328 g/mol. The number of hydrogen-bond acceptors (Lipinski definition) is 5. The molecule has 24 heavy (non-hydrogen) atoms. The van der Waals surface area contributed by atoms with Gasteiger partial charge in [0.1, 0.15) is 0 Å². The summed E-state index contributed by atoms with van der Waals surface area (Å²) in [6, 6.07) is 0.305. The van der Waals surface area contributed by atoms with E-state index in [0.29, 0.717) is 25.7 Å². The number of likely N-dealkylation sites (tertiary alicyclic amines) is 1. The Morgan fingerprint density at radius 3 is 2.42 bits per heavy atom. The molecule has 1 aromatic rings. The standard InChI is InChI=1S/C16H30N4O3S/c1-11(2)20-13(4)15(12(3)17-20)8-19-7-14(16(21)9-19)10-24(22,23)18(5)6/h11,14,16,21H,7-10H2,1-6H3/t14-,16+/m0/s1. The Labute approximate surface area is 145 Å². The summed E-state index contributed by atoms with van der Waals surface area (Å²) in [6.07, 6.45) is -0.611.